The standard InChI is InChI=1S/C26H25N5O/c1-17-13-21-9-12-30(26-28-18(2)14-19(3)29-26)25(32)24(21)16-22(17)15-20-5-7-23(8-6-20)31-11-4-10-27-31/h4-8,10-11,13-14,16H,9,12,15H2,1-3H3. The van der Waals surface area contributed by atoms with E-state index in [1.807, 2.05) is 36.9 Å². The van der Waals surface area contributed by atoms with E-state index in [0.717, 1.165) is 46.6 Å². The third kappa shape index (κ3) is 3.80. The fourth-order valence-corrected chi connectivity index (χ4v) is 4.31. The molecule has 0 aliphatic carbocycles. The highest BCUT2D eigenvalue weighted by atomic mass is 16.2. The molecular formula is C26H25N5O. The second-order valence-electron chi connectivity index (χ2n) is 8.39. The zero-order valence-corrected chi connectivity index (χ0v) is 18.5. The molecule has 0 saturated heterocycles. The van der Waals surface area contributed by atoms with Gasteiger partial charge in [-0.2, -0.15) is 5.10 Å². The molecule has 3 heterocycles. The van der Waals surface area contributed by atoms with Crippen LogP contribution >= 0.6 is 0 Å². The predicted octanol–water partition coefficient (Wildman–Crippen LogP) is 4.38. The molecule has 1 amide bonds. The minimum absolute atomic E-state index is 0.0217. The summed E-state index contributed by atoms with van der Waals surface area (Å²) in [4.78, 5) is 24.1. The number of carbonyl (C=O) groups is 1. The van der Waals surface area contributed by atoms with E-state index in [4.69, 9.17) is 0 Å². The lowest BCUT2D eigenvalue weighted by molar-refractivity contribution is 0.0979. The van der Waals surface area contributed by atoms with Gasteiger partial charge in [0.1, 0.15) is 0 Å². The van der Waals surface area contributed by atoms with Crippen LogP contribution in [0.4, 0.5) is 5.95 Å². The third-order valence-electron chi connectivity index (χ3n) is 5.95. The molecular weight excluding hydrogens is 398 g/mol. The van der Waals surface area contributed by atoms with Gasteiger partial charge < -0.3 is 0 Å². The molecule has 0 atom stereocenters. The van der Waals surface area contributed by atoms with E-state index in [2.05, 4.69) is 58.4 Å². The van der Waals surface area contributed by atoms with Crippen molar-refractivity contribution < 1.29 is 4.79 Å². The molecule has 0 unspecified atom stereocenters. The van der Waals surface area contributed by atoms with Crippen molar-refractivity contribution in [2.45, 2.75) is 33.6 Å². The van der Waals surface area contributed by atoms with Crippen LogP contribution in [0.25, 0.3) is 5.69 Å². The summed E-state index contributed by atoms with van der Waals surface area (Å²) in [5, 5.41) is 4.28. The Bertz CT molecular complexity index is 1270. The maximum absolute atomic E-state index is 13.4. The van der Waals surface area contributed by atoms with Crippen LogP contribution < -0.4 is 4.90 Å². The van der Waals surface area contributed by atoms with Gasteiger partial charge in [-0.25, -0.2) is 14.6 Å². The summed E-state index contributed by atoms with van der Waals surface area (Å²) in [6.45, 7) is 6.58. The van der Waals surface area contributed by atoms with E-state index < -0.39 is 0 Å². The van der Waals surface area contributed by atoms with Crippen LogP contribution in [0, 0.1) is 20.8 Å². The van der Waals surface area contributed by atoms with E-state index in [9.17, 15) is 4.79 Å². The molecule has 1 aliphatic rings. The molecule has 1 aliphatic heterocycles. The second kappa shape index (κ2) is 8.04. The van der Waals surface area contributed by atoms with Crippen LogP contribution in [0.5, 0.6) is 0 Å². The van der Waals surface area contributed by atoms with Crippen LogP contribution in [0.1, 0.15) is 44.0 Å². The number of aryl methyl sites for hydroxylation is 3. The number of aromatic nitrogens is 4. The third-order valence-corrected chi connectivity index (χ3v) is 5.95. The topological polar surface area (TPSA) is 63.9 Å². The molecule has 2 aromatic heterocycles. The highest BCUT2D eigenvalue weighted by Crippen LogP contribution is 2.27. The van der Waals surface area contributed by atoms with Gasteiger partial charge in [0.2, 0.25) is 5.95 Å². The van der Waals surface area contributed by atoms with E-state index in [1.165, 1.54) is 11.1 Å². The summed E-state index contributed by atoms with van der Waals surface area (Å²) >= 11 is 0. The van der Waals surface area contributed by atoms with Crippen LogP contribution in [-0.4, -0.2) is 32.2 Å². The summed E-state index contributed by atoms with van der Waals surface area (Å²) in [6.07, 6.45) is 5.27. The van der Waals surface area contributed by atoms with Crippen LogP contribution in [-0.2, 0) is 12.8 Å². The molecule has 4 aromatic rings. The molecule has 0 spiro atoms. The predicted molar refractivity (Wildman–Crippen MR) is 124 cm³/mol. The molecule has 0 bridgehead atoms. The van der Waals surface area contributed by atoms with Gasteiger partial charge in [0.05, 0.1) is 5.69 Å². The first-order chi connectivity index (χ1) is 15.5. The van der Waals surface area contributed by atoms with Gasteiger partial charge in [0.15, 0.2) is 0 Å². The molecule has 6 nitrogen and oxygen atoms in total. The molecule has 32 heavy (non-hydrogen) atoms. The Morgan fingerprint density at radius 2 is 1.72 bits per heavy atom. The SMILES string of the molecule is Cc1cc(C)nc(N2CCc3cc(C)c(Cc4ccc(-n5cccn5)cc4)cc3C2=O)n1. The summed E-state index contributed by atoms with van der Waals surface area (Å²) in [5.41, 5.74) is 8.19. The summed E-state index contributed by atoms with van der Waals surface area (Å²) in [6, 6.07) is 16.4. The highest BCUT2D eigenvalue weighted by Gasteiger charge is 2.28. The second-order valence-corrected chi connectivity index (χ2v) is 8.39. The minimum atomic E-state index is -0.0217. The number of hydrogen-bond donors (Lipinski definition) is 0. The lowest BCUT2D eigenvalue weighted by Gasteiger charge is -2.28. The normalized spacial score (nSPS) is 13.3. The number of nitrogens with zero attached hydrogens (tertiary/aromatic N) is 5. The van der Waals surface area contributed by atoms with Gasteiger partial charge in [-0.15, -0.1) is 0 Å². The Kier molecular flexibility index (Phi) is 5.05. The molecule has 0 fully saturated rings. The quantitative estimate of drug-likeness (QED) is 0.489. The fourth-order valence-electron chi connectivity index (χ4n) is 4.31. The van der Waals surface area contributed by atoms with Gasteiger partial charge >= 0.3 is 0 Å². The zero-order valence-electron chi connectivity index (χ0n) is 18.5. The minimum Gasteiger partial charge on any atom is -0.276 e. The van der Waals surface area contributed by atoms with Crippen LogP contribution in [0.3, 0.4) is 0 Å². The number of carbonyl (C=O) groups excluding carboxylic acids is 1. The van der Waals surface area contributed by atoms with Crippen molar-refractivity contribution in [3.05, 3.63) is 100 Å². The monoisotopic (exact) mass is 423 g/mol. The zero-order chi connectivity index (χ0) is 22.2. The molecule has 2 aromatic carbocycles. The highest BCUT2D eigenvalue weighted by molar-refractivity contribution is 6.07. The van der Waals surface area contributed by atoms with Crippen molar-refractivity contribution in [1.29, 1.82) is 0 Å². The first-order valence-corrected chi connectivity index (χ1v) is 10.8. The van der Waals surface area contributed by atoms with Gasteiger partial charge in [0.25, 0.3) is 5.91 Å². The number of fused-ring (bicyclic) bond motifs is 1. The molecule has 5 rings (SSSR count). The van der Waals surface area contributed by atoms with Crippen LogP contribution in [0.2, 0.25) is 0 Å². The average Bonchev–Trinajstić information content (AvgIpc) is 3.30. The fraction of sp³-hybridized carbons (Fsp3) is 0.231. The van der Waals surface area contributed by atoms with Crippen LogP contribution in [0.15, 0.2) is 60.9 Å². The van der Waals surface area contributed by atoms with Gasteiger partial charge in [-0.1, -0.05) is 18.2 Å². The van der Waals surface area contributed by atoms with Crippen molar-refractivity contribution in [3.8, 4) is 5.69 Å². The first kappa shape index (κ1) is 20.1. The molecule has 0 saturated carbocycles. The maximum atomic E-state index is 13.4. The maximum Gasteiger partial charge on any atom is 0.260 e. The number of hydrogen-bond acceptors (Lipinski definition) is 4. The average molecular weight is 424 g/mol. The van der Waals surface area contributed by atoms with E-state index in [-0.39, 0.29) is 5.91 Å². The van der Waals surface area contributed by atoms with E-state index in [0.29, 0.717) is 12.5 Å². The van der Waals surface area contributed by atoms with Crippen molar-refractivity contribution in [1.82, 2.24) is 19.7 Å². The summed E-state index contributed by atoms with van der Waals surface area (Å²) < 4.78 is 1.84. The Balaban J connectivity index is 1.43. The molecule has 160 valence electrons. The van der Waals surface area contributed by atoms with Crippen molar-refractivity contribution in [2.24, 2.45) is 0 Å². The lowest BCUT2D eigenvalue weighted by Crippen LogP contribution is -2.39. The van der Waals surface area contributed by atoms with Gasteiger partial charge in [-0.05, 0) is 86.2 Å². The largest absolute Gasteiger partial charge is 0.276 e. The Morgan fingerprint density at radius 1 is 0.969 bits per heavy atom. The van der Waals surface area contributed by atoms with Gasteiger partial charge in [-0.3, -0.25) is 9.69 Å². The number of benzene rings is 2. The summed E-state index contributed by atoms with van der Waals surface area (Å²) in [5.74, 6) is 0.473. The lowest BCUT2D eigenvalue weighted by atomic mass is 9.91. The molecule has 0 N–H and O–H groups in total. The van der Waals surface area contributed by atoms with Crippen molar-refractivity contribution in [3.63, 3.8) is 0 Å². The van der Waals surface area contributed by atoms with E-state index >= 15 is 0 Å². The number of anilines is 1. The Morgan fingerprint density at radius 3 is 2.41 bits per heavy atom. The summed E-state index contributed by atoms with van der Waals surface area (Å²) in [7, 11) is 0. The molecule has 6 heteroatoms. The number of rotatable bonds is 4. The number of amides is 1. The molecule has 0 radical (unpaired) electrons. The van der Waals surface area contributed by atoms with Gasteiger partial charge in [0, 0.05) is 35.9 Å². The van der Waals surface area contributed by atoms with Crippen molar-refractivity contribution >= 4 is 11.9 Å². The van der Waals surface area contributed by atoms with Crippen molar-refractivity contribution in [2.75, 3.05) is 11.4 Å². The first-order valence-electron chi connectivity index (χ1n) is 10.8. The Hall–Kier alpha value is -3.80. The van der Waals surface area contributed by atoms with E-state index in [1.54, 1.807) is 11.1 Å². The smallest absolute Gasteiger partial charge is 0.260 e. The Labute approximate surface area is 187 Å².